The zero-order valence-electron chi connectivity index (χ0n) is 36.9. The number of carbonyl (C=O) groups excluding carboxylic acids is 7. The van der Waals surface area contributed by atoms with E-state index >= 15 is 0 Å². The van der Waals surface area contributed by atoms with E-state index in [9.17, 15) is 38.7 Å². The molecule has 1 aliphatic rings. The van der Waals surface area contributed by atoms with Crippen LogP contribution in [0.4, 0.5) is 0 Å². The Morgan fingerprint density at radius 1 is 0.576 bits per heavy atom. The van der Waals surface area contributed by atoms with Crippen molar-refractivity contribution in [3.05, 3.63) is 102 Å². The second-order valence-electron chi connectivity index (χ2n) is 16.2. The quantitative estimate of drug-likeness (QED) is 0.0598. The minimum Gasteiger partial charge on any atom is -0.508 e. The van der Waals surface area contributed by atoms with Gasteiger partial charge >= 0.3 is 0 Å². The molecule has 13 N–H and O–H groups in total. The summed E-state index contributed by atoms with van der Waals surface area (Å²) in [6, 6.07) is 17.6. The average Bonchev–Trinajstić information content (AvgIpc) is 3.71. The molecular formula is C47H61N11O8. The number of benzene rings is 3. The number of hydrogen-bond acceptors (Lipinski definition) is 9. The molecule has 1 aliphatic heterocycles. The summed E-state index contributed by atoms with van der Waals surface area (Å²) in [7, 11) is 0. The fourth-order valence-corrected chi connectivity index (χ4v) is 7.44. The maximum atomic E-state index is 14.5. The molecule has 1 saturated heterocycles. The highest BCUT2D eigenvalue weighted by Gasteiger charge is 2.32. The number of guanidine groups is 1. The molecule has 0 bridgehead atoms. The fourth-order valence-electron chi connectivity index (χ4n) is 7.44. The smallest absolute Gasteiger partial charge is 0.243 e. The first-order valence-corrected chi connectivity index (χ1v) is 22.3. The number of aromatic hydroxyl groups is 1. The highest BCUT2D eigenvalue weighted by Crippen LogP contribution is 2.20. The Balaban J connectivity index is 1.46. The van der Waals surface area contributed by atoms with Crippen LogP contribution in [0, 0.1) is 0 Å². The molecule has 66 heavy (non-hydrogen) atoms. The number of hydrogen-bond donors (Lipinski definition) is 11. The fraction of sp³-hybridized carbons (Fsp3) is 0.404. The molecule has 4 atom stereocenters. The number of nitrogens with two attached hydrogens (primary N) is 2. The van der Waals surface area contributed by atoms with E-state index in [0.29, 0.717) is 48.9 Å². The van der Waals surface area contributed by atoms with Crippen LogP contribution < -0.4 is 48.7 Å². The number of aromatic amines is 1. The summed E-state index contributed by atoms with van der Waals surface area (Å²) in [5.74, 6) is -3.98. The van der Waals surface area contributed by atoms with Crippen molar-refractivity contribution in [1.82, 2.24) is 42.2 Å². The molecule has 0 radical (unpaired) electrons. The lowest BCUT2D eigenvalue weighted by molar-refractivity contribution is -0.134. The van der Waals surface area contributed by atoms with Crippen LogP contribution in [0.15, 0.2) is 90.1 Å². The molecule has 352 valence electrons. The van der Waals surface area contributed by atoms with E-state index in [1.165, 1.54) is 12.1 Å². The van der Waals surface area contributed by atoms with Crippen molar-refractivity contribution >= 4 is 58.2 Å². The van der Waals surface area contributed by atoms with Gasteiger partial charge in [0.05, 0.1) is 6.54 Å². The highest BCUT2D eigenvalue weighted by atomic mass is 16.3. The third-order valence-electron chi connectivity index (χ3n) is 11.0. The number of para-hydroxylation sites is 1. The molecule has 1 fully saturated rings. The molecular weight excluding hydrogens is 847 g/mol. The highest BCUT2D eigenvalue weighted by molar-refractivity contribution is 5.96. The monoisotopic (exact) mass is 907 g/mol. The lowest BCUT2D eigenvalue weighted by atomic mass is 10.0. The first kappa shape index (κ1) is 49.6. The molecule has 0 unspecified atom stereocenters. The van der Waals surface area contributed by atoms with Crippen molar-refractivity contribution in [2.75, 3.05) is 26.2 Å². The zero-order valence-corrected chi connectivity index (χ0v) is 36.9. The van der Waals surface area contributed by atoms with Crippen LogP contribution in [-0.2, 0) is 52.8 Å². The minimum absolute atomic E-state index is 0.00000749. The van der Waals surface area contributed by atoms with Gasteiger partial charge in [-0.3, -0.25) is 38.6 Å². The number of carbonyl (C=O) groups is 7. The van der Waals surface area contributed by atoms with E-state index in [0.717, 1.165) is 10.9 Å². The Bertz CT molecular complexity index is 2300. The molecule has 3 aromatic carbocycles. The van der Waals surface area contributed by atoms with Gasteiger partial charge in [-0.2, -0.15) is 0 Å². The number of phenolic OH excluding ortho intramolecular Hbond substituents is 1. The maximum absolute atomic E-state index is 14.5. The number of amides is 7. The summed E-state index contributed by atoms with van der Waals surface area (Å²) in [6.45, 7) is 0.338. The van der Waals surface area contributed by atoms with Crippen LogP contribution in [-0.4, -0.2) is 108 Å². The predicted octanol–water partition coefficient (Wildman–Crippen LogP) is 0.597. The van der Waals surface area contributed by atoms with Crippen molar-refractivity contribution in [2.24, 2.45) is 16.5 Å². The molecule has 5 rings (SSSR count). The number of nitrogens with one attached hydrogen (secondary N) is 8. The van der Waals surface area contributed by atoms with Crippen molar-refractivity contribution < 1.29 is 38.7 Å². The first-order valence-electron chi connectivity index (χ1n) is 22.3. The van der Waals surface area contributed by atoms with Gasteiger partial charge in [-0.1, -0.05) is 60.7 Å². The number of phenols is 1. The maximum Gasteiger partial charge on any atom is 0.243 e. The van der Waals surface area contributed by atoms with Gasteiger partial charge in [0.1, 0.15) is 29.9 Å². The van der Waals surface area contributed by atoms with Gasteiger partial charge < -0.3 is 58.8 Å². The van der Waals surface area contributed by atoms with Crippen molar-refractivity contribution in [2.45, 2.75) is 94.8 Å². The lowest BCUT2D eigenvalue weighted by Crippen LogP contribution is -2.59. The predicted molar refractivity (Wildman–Crippen MR) is 248 cm³/mol. The lowest BCUT2D eigenvalue weighted by Gasteiger charge is -2.27. The van der Waals surface area contributed by atoms with Crippen LogP contribution in [0.2, 0.25) is 0 Å². The van der Waals surface area contributed by atoms with E-state index in [1.54, 1.807) is 48.7 Å². The van der Waals surface area contributed by atoms with E-state index in [4.69, 9.17) is 11.5 Å². The SMILES string of the molecule is NC(N)=NCCC[C@@H]1NC(=O)[C@@H](Cc2ccccc2)NC(=O)[C@H](Cc2ccc(O)cc2)NC(=O)CCCCNC(=O)CCCCNC(=O)CNC(=O)[C@H](Cc2c[nH]c3ccccc23)NC1=O. The van der Waals surface area contributed by atoms with Gasteiger partial charge in [0.2, 0.25) is 41.4 Å². The van der Waals surface area contributed by atoms with Crippen molar-refractivity contribution in [1.29, 1.82) is 0 Å². The van der Waals surface area contributed by atoms with E-state index in [-0.39, 0.29) is 82.2 Å². The van der Waals surface area contributed by atoms with Crippen molar-refractivity contribution in [3.8, 4) is 5.75 Å². The summed E-state index contributed by atoms with van der Waals surface area (Å²) in [4.78, 5) is 103. The molecule has 2 heterocycles. The van der Waals surface area contributed by atoms with Crippen LogP contribution in [0.1, 0.15) is 68.1 Å². The van der Waals surface area contributed by atoms with Crippen LogP contribution in [0.3, 0.4) is 0 Å². The summed E-state index contributed by atoms with van der Waals surface area (Å²) in [5, 5.41) is 30.2. The number of aromatic nitrogens is 1. The third kappa shape index (κ3) is 16.6. The Labute approximate surface area is 383 Å². The van der Waals surface area contributed by atoms with Gasteiger partial charge in [0, 0.05) is 68.8 Å². The van der Waals surface area contributed by atoms with Crippen molar-refractivity contribution in [3.63, 3.8) is 0 Å². The third-order valence-corrected chi connectivity index (χ3v) is 11.0. The Kier molecular flexibility index (Phi) is 19.3. The largest absolute Gasteiger partial charge is 0.508 e. The molecule has 4 aromatic rings. The summed E-state index contributed by atoms with van der Waals surface area (Å²) < 4.78 is 0. The Hall–Kier alpha value is -7.44. The standard InChI is InChI=1S/C47H61N11O8/c48-47(49)52-24-10-15-36-44(64)58-39(27-32-28-53-35-14-5-4-13-34(32)35)43(63)54-29-42(62)51-23-8-6-16-40(60)50-22-9-7-17-41(61)55-37(26-31-18-20-33(59)21-19-31)45(65)57-38(46(66)56-36)25-30-11-2-1-3-12-30/h1-5,11-14,18-21,28,36-39,53,59H,6-10,15-17,22-27,29H2,(H,50,60)(H,51,62)(H,54,63)(H,55,61)(H,56,66)(H,57,65)(H,58,64)(H4,48,49,52)/t36-,37-,38+,39-/m0/s1. The van der Waals surface area contributed by atoms with Crippen LogP contribution in [0.5, 0.6) is 5.75 Å². The first-order chi connectivity index (χ1) is 31.8. The molecule has 1 aromatic heterocycles. The summed E-state index contributed by atoms with van der Waals surface area (Å²) in [6.07, 6.45) is 4.22. The van der Waals surface area contributed by atoms with E-state index in [1.807, 2.05) is 24.3 Å². The topological polar surface area (TPSA) is 304 Å². The van der Waals surface area contributed by atoms with Crippen LogP contribution >= 0.6 is 0 Å². The van der Waals surface area contributed by atoms with Gasteiger partial charge in [-0.05, 0) is 73.4 Å². The summed E-state index contributed by atoms with van der Waals surface area (Å²) in [5.41, 5.74) is 14.0. The minimum atomic E-state index is -1.26. The normalized spacial score (nSPS) is 20.6. The number of H-pyrrole nitrogens is 1. The zero-order chi connectivity index (χ0) is 47.3. The number of fused-ring (bicyclic) bond motifs is 1. The molecule has 19 nitrogen and oxygen atoms in total. The van der Waals surface area contributed by atoms with Gasteiger partial charge in [-0.25, -0.2) is 0 Å². The number of nitrogens with zero attached hydrogens (tertiary/aromatic N) is 1. The summed E-state index contributed by atoms with van der Waals surface area (Å²) >= 11 is 0. The second-order valence-corrected chi connectivity index (χ2v) is 16.2. The molecule has 0 spiro atoms. The molecule has 19 heteroatoms. The van der Waals surface area contributed by atoms with Crippen LogP contribution in [0.25, 0.3) is 10.9 Å². The van der Waals surface area contributed by atoms with E-state index in [2.05, 4.69) is 47.2 Å². The molecule has 0 saturated carbocycles. The Morgan fingerprint density at radius 3 is 1.82 bits per heavy atom. The number of aliphatic imine (C=N–C) groups is 1. The number of rotatable bonds is 10. The average molecular weight is 908 g/mol. The second kappa shape index (κ2) is 25.8. The van der Waals surface area contributed by atoms with Gasteiger partial charge in [0.15, 0.2) is 5.96 Å². The van der Waals surface area contributed by atoms with Gasteiger partial charge in [0.25, 0.3) is 0 Å². The van der Waals surface area contributed by atoms with E-state index < -0.39 is 59.6 Å². The molecule has 7 amide bonds. The van der Waals surface area contributed by atoms with Gasteiger partial charge in [-0.15, -0.1) is 0 Å². The molecule has 0 aliphatic carbocycles. The Morgan fingerprint density at radius 2 is 1.14 bits per heavy atom.